The molecule has 0 saturated heterocycles. The fraction of sp³-hybridized carbons (Fsp3) is 0.625. The Morgan fingerprint density at radius 3 is 1.89 bits per heavy atom. The molecule has 0 aromatic heterocycles. The van der Waals surface area contributed by atoms with Gasteiger partial charge in [0.1, 0.15) is 5.75 Å². The fourth-order valence-corrected chi connectivity index (χ4v) is 1.96. The van der Waals surface area contributed by atoms with Gasteiger partial charge in [-0.05, 0) is 35.3 Å². The highest BCUT2D eigenvalue weighted by Gasteiger charge is 2.27. The SMILES string of the molecule is CCC(C)(C)c1cc(N)c(O)c(C(C)(C)CC)c1.Cl. The van der Waals surface area contributed by atoms with Gasteiger partial charge in [-0.2, -0.15) is 0 Å². The highest BCUT2D eigenvalue weighted by Crippen LogP contribution is 2.41. The molecule has 1 rings (SSSR count). The topological polar surface area (TPSA) is 46.2 Å². The lowest BCUT2D eigenvalue weighted by atomic mass is 9.76. The number of nitrogen functional groups attached to an aromatic ring is 1. The Hall–Kier alpha value is -0.890. The second-order valence-corrected chi connectivity index (χ2v) is 6.44. The number of nitrogens with two attached hydrogens (primary N) is 1. The Labute approximate surface area is 123 Å². The number of hydrogen-bond donors (Lipinski definition) is 2. The third-order valence-electron chi connectivity index (χ3n) is 4.42. The van der Waals surface area contributed by atoms with Crippen molar-refractivity contribution in [2.75, 3.05) is 5.73 Å². The average Bonchev–Trinajstić information content (AvgIpc) is 2.31. The molecule has 3 N–H and O–H groups in total. The van der Waals surface area contributed by atoms with Gasteiger partial charge in [0.25, 0.3) is 0 Å². The lowest BCUT2D eigenvalue weighted by Crippen LogP contribution is -2.21. The van der Waals surface area contributed by atoms with Gasteiger partial charge in [0, 0.05) is 5.56 Å². The van der Waals surface area contributed by atoms with Crippen LogP contribution in [0.5, 0.6) is 5.75 Å². The minimum absolute atomic E-state index is 0. The number of benzene rings is 1. The predicted octanol–water partition coefficient (Wildman–Crippen LogP) is 4.77. The highest BCUT2D eigenvalue weighted by molar-refractivity contribution is 5.85. The molecule has 19 heavy (non-hydrogen) atoms. The molecule has 0 radical (unpaired) electrons. The van der Waals surface area contributed by atoms with E-state index in [1.165, 1.54) is 5.56 Å². The number of rotatable bonds is 4. The maximum Gasteiger partial charge on any atom is 0.142 e. The zero-order valence-corrected chi connectivity index (χ0v) is 13.8. The van der Waals surface area contributed by atoms with E-state index in [0.717, 1.165) is 18.4 Å². The van der Waals surface area contributed by atoms with Gasteiger partial charge in [-0.25, -0.2) is 0 Å². The van der Waals surface area contributed by atoms with Gasteiger partial charge < -0.3 is 10.8 Å². The highest BCUT2D eigenvalue weighted by atomic mass is 35.5. The Morgan fingerprint density at radius 2 is 1.47 bits per heavy atom. The number of anilines is 1. The summed E-state index contributed by atoms with van der Waals surface area (Å²) in [6, 6.07) is 4.03. The molecular weight excluding hydrogens is 258 g/mol. The summed E-state index contributed by atoms with van der Waals surface area (Å²) in [6.07, 6.45) is 2.01. The molecule has 0 bridgehead atoms. The number of aromatic hydroxyl groups is 1. The van der Waals surface area contributed by atoms with E-state index in [4.69, 9.17) is 5.73 Å². The largest absolute Gasteiger partial charge is 0.505 e. The summed E-state index contributed by atoms with van der Waals surface area (Å²) in [5, 5.41) is 10.2. The molecule has 1 aromatic carbocycles. The average molecular weight is 286 g/mol. The van der Waals surface area contributed by atoms with Crippen LogP contribution in [0.3, 0.4) is 0 Å². The first kappa shape index (κ1) is 18.1. The van der Waals surface area contributed by atoms with Crippen molar-refractivity contribution < 1.29 is 5.11 Å². The molecule has 0 amide bonds. The van der Waals surface area contributed by atoms with Crippen LogP contribution in [0.2, 0.25) is 0 Å². The van der Waals surface area contributed by atoms with Crippen LogP contribution in [-0.4, -0.2) is 5.11 Å². The van der Waals surface area contributed by atoms with E-state index >= 15 is 0 Å². The summed E-state index contributed by atoms with van der Waals surface area (Å²) in [5.74, 6) is 0.248. The molecule has 0 spiro atoms. The maximum atomic E-state index is 10.2. The number of phenols is 1. The van der Waals surface area contributed by atoms with Gasteiger partial charge in [-0.1, -0.05) is 47.6 Å². The van der Waals surface area contributed by atoms with Gasteiger partial charge in [-0.15, -0.1) is 12.4 Å². The van der Waals surface area contributed by atoms with E-state index in [1.807, 2.05) is 6.07 Å². The van der Waals surface area contributed by atoms with Gasteiger partial charge >= 0.3 is 0 Å². The fourth-order valence-electron chi connectivity index (χ4n) is 1.96. The molecule has 0 atom stereocenters. The molecule has 0 aliphatic carbocycles. The van der Waals surface area contributed by atoms with Crippen molar-refractivity contribution in [2.45, 2.75) is 65.2 Å². The molecule has 0 unspecified atom stereocenters. The van der Waals surface area contributed by atoms with E-state index in [2.05, 4.69) is 47.6 Å². The third kappa shape index (κ3) is 3.56. The molecule has 1 aromatic rings. The monoisotopic (exact) mass is 285 g/mol. The van der Waals surface area contributed by atoms with Gasteiger partial charge in [0.05, 0.1) is 5.69 Å². The molecule has 3 heteroatoms. The summed E-state index contributed by atoms with van der Waals surface area (Å²) in [6.45, 7) is 13.0. The number of hydrogen-bond acceptors (Lipinski definition) is 2. The molecule has 0 heterocycles. The van der Waals surface area contributed by atoms with Crippen LogP contribution in [0, 0.1) is 0 Å². The first-order valence-electron chi connectivity index (χ1n) is 6.79. The minimum Gasteiger partial charge on any atom is -0.505 e. The lowest BCUT2D eigenvalue weighted by Gasteiger charge is -2.30. The summed E-state index contributed by atoms with van der Waals surface area (Å²) < 4.78 is 0. The molecule has 0 saturated carbocycles. The van der Waals surface area contributed by atoms with Crippen molar-refractivity contribution in [3.63, 3.8) is 0 Å². The second-order valence-electron chi connectivity index (χ2n) is 6.44. The van der Waals surface area contributed by atoms with Crippen LogP contribution in [0.1, 0.15) is 65.5 Å². The predicted molar refractivity (Wildman–Crippen MR) is 86.4 cm³/mol. The zero-order valence-electron chi connectivity index (χ0n) is 13.0. The van der Waals surface area contributed by atoms with Gasteiger partial charge in [0.2, 0.25) is 0 Å². The van der Waals surface area contributed by atoms with Crippen molar-refractivity contribution in [3.8, 4) is 5.75 Å². The Morgan fingerprint density at radius 1 is 1.00 bits per heavy atom. The van der Waals surface area contributed by atoms with Crippen molar-refractivity contribution >= 4 is 18.1 Å². The molecule has 0 aliphatic heterocycles. The van der Waals surface area contributed by atoms with E-state index < -0.39 is 0 Å². The summed E-state index contributed by atoms with van der Waals surface area (Å²) in [5.41, 5.74) is 8.66. The standard InChI is InChI=1S/C16H27NO.ClH/c1-7-15(3,4)11-9-12(16(5,6)8-2)14(18)13(17)10-11;/h9-10,18H,7-8,17H2,1-6H3;1H. The molecule has 2 nitrogen and oxygen atoms in total. The Kier molecular flexibility index (Phi) is 5.76. The summed E-state index contributed by atoms with van der Waals surface area (Å²) in [4.78, 5) is 0. The lowest BCUT2D eigenvalue weighted by molar-refractivity contribution is 0.427. The summed E-state index contributed by atoms with van der Waals surface area (Å²) in [7, 11) is 0. The van der Waals surface area contributed by atoms with Crippen LogP contribution in [0.15, 0.2) is 12.1 Å². The van der Waals surface area contributed by atoms with Crippen LogP contribution in [-0.2, 0) is 10.8 Å². The van der Waals surface area contributed by atoms with Crippen molar-refractivity contribution in [1.82, 2.24) is 0 Å². The third-order valence-corrected chi connectivity index (χ3v) is 4.42. The quantitative estimate of drug-likeness (QED) is 0.618. The molecule has 0 fully saturated rings. The van der Waals surface area contributed by atoms with Gasteiger partial charge in [0.15, 0.2) is 0 Å². The van der Waals surface area contributed by atoms with Crippen LogP contribution in [0.4, 0.5) is 5.69 Å². The normalized spacial score (nSPS) is 12.1. The van der Waals surface area contributed by atoms with Crippen molar-refractivity contribution in [2.24, 2.45) is 0 Å². The van der Waals surface area contributed by atoms with Gasteiger partial charge in [-0.3, -0.25) is 0 Å². The minimum atomic E-state index is -0.0575. The molecule has 110 valence electrons. The van der Waals surface area contributed by atoms with Crippen LogP contribution in [0.25, 0.3) is 0 Å². The van der Waals surface area contributed by atoms with E-state index in [-0.39, 0.29) is 29.0 Å². The Balaban J connectivity index is 0.00000324. The zero-order chi connectivity index (χ0) is 14.1. The first-order valence-corrected chi connectivity index (χ1v) is 6.79. The van der Waals surface area contributed by atoms with E-state index in [0.29, 0.717) is 5.69 Å². The van der Waals surface area contributed by atoms with E-state index in [9.17, 15) is 5.11 Å². The number of halogens is 1. The van der Waals surface area contributed by atoms with E-state index in [1.54, 1.807) is 0 Å². The van der Waals surface area contributed by atoms with Crippen LogP contribution < -0.4 is 5.73 Å². The summed E-state index contributed by atoms with van der Waals surface area (Å²) >= 11 is 0. The van der Waals surface area contributed by atoms with Crippen LogP contribution >= 0.6 is 12.4 Å². The first-order chi connectivity index (χ1) is 8.15. The number of phenolic OH excluding ortho intramolecular Hbond substituents is 1. The molecular formula is C16H28ClNO. The van der Waals surface area contributed by atoms with Crippen molar-refractivity contribution in [3.05, 3.63) is 23.3 Å². The molecule has 0 aliphatic rings. The smallest absolute Gasteiger partial charge is 0.142 e. The Bertz CT molecular complexity index is 439. The second kappa shape index (κ2) is 6.04. The van der Waals surface area contributed by atoms with Crippen molar-refractivity contribution in [1.29, 1.82) is 0 Å². The maximum absolute atomic E-state index is 10.2.